The predicted molar refractivity (Wildman–Crippen MR) is 101 cm³/mol. The van der Waals surface area contributed by atoms with E-state index in [0.29, 0.717) is 18.9 Å². The normalized spacial score (nSPS) is 24.7. The molecule has 0 bridgehead atoms. The van der Waals surface area contributed by atoms with Gasteiger partial charge in [-0.25, -0.2) is 13.4 Å². The van der Waals surface area contributed by atoms with Crippen molar-refractivity contribution in [3.63, 3.8) is 0 Å². The molecule has 8 nitrogen and oxygen atoms in total. The van der Waals surface area contributed by atoms with Crippen LogP contribution in [0, 0.1) is 12.8 Å². The molecule has 2 aliphatic rings. The van der Waals surface area contributed by atoms with E-state index in [2.05, 4.69) is 15.3 Å². The molecule has 2 fully saturated rings. The number of rotatable bonds is 5. The van der Waals surface area contributed by atoms with Crippen LogP contribution < -0.4 is 15.1 Å². The van der Waals surface area contributed by atoms with Gasteiger partial charge in [0.2, 0.25) is 11.9 Å². The van der Waals surface area contributed by atoms with Crippen molar-refractivity contribution in [2.24, 2.45) is 5.92 Å². The maximum absolute atomic E-state index is 12.1. The minimum Gasteiger partial charge on any atom is -0.359 e. The van der Waals surface area contributed by atoms with E-state index in [1.165, 1.54) is 0 Å². The lowest BCUT2D eigenvalue weighted by molar-refractivity contribution is -0.121. The molecule has 0 aliphatic carbocycles. The lowest BCUT2D eigenvalue weighted by Gasteiger charge is -2.26. The fraction of sp³-hybridized carbons (Fsp3) is 0.706. The van der Waals surface area contributed by atoms with Crippen molar-refractivity contribution >= 4 is 27.5 Å². The predicted octanol–water partition coefficient (Wildman–Crippen LogP) is 0.371. The molecule has 2 saturated heterocycles. The van der Waals surface area contributed by atoms with Crippen molar-refractivity contribution in [2.45, 2.75) is 32.2 Å². The number of carbonyl (C=O) groups excluding carboxylic acids is 1. The Labute approximate surface area is 154 Å². The summed E-state index contributed by atoms with van der Waals surface area (Å²) in [5, 5.41) is 2.71. The van der Waals surface area contributed by atoms with Crippen LogP contribution in [0.5, 0.6) is 0 Å². The molecule has 0 aromatic carbocycles. The van der Waals surface area contributed by atoms with Crippen LogP contribution >= 0.6 is 0 Å². The van der Waals surface area contributed by atoms with Crippen molar-refractivity contribution in [3.8, 4) is 0 Å². The zero-order valence-corrected chi connectivity index (χ0v) is 16.4. The van der Waals surface area contributed by atoms with Crippen molar-refractivity contribution in [1.82, 2.24) is 15.3 Å². The first-order valence-electron chi connectivity index (χ1n) is 9.04. The minimum atomic E-state index is -2.88. The molecule has 0 spiro atoms. The summed E-state index contributed by atoms with van der Waals surface area (Å²) < 4.78 is 23.4. The topological polar surface area (TPSA) is 95.5 Å². The van der Waals surface area contributed by atoms with Gasteiger partial charge in [-0.15, -0.1) is 0 Å². The maximum Gasteiger partial charge on any atom is 0.242 e. The summed E-state index contributed by atoms with van der Waals surface area (Å²) in [6, 6.07) is 1.66. The van der Waals surface area contributed by atoms with E-state index < -0.39 is 9.84 Å². The van der Waals surface area contributed by atoms with Gasteiger partial charge in [0.15, 0.2) is 9.84 Å². The monoisotopic (exact) mass is 381 g/mol. The molecule has 3 heterocycles. The molecule has 26 heavy (non-hydrogen) atoms. The summed E-state index contributed by atoms with van der Waals surface area (Å²) in [7, 11) is 0.686. The van der Waals surface area contributed by atoms with Crippen molar-refractivity contribution in [1.29, 1.82) is 0 Å². The van der Waals surface area contributed by atoms with Crippen LogP contribution in [0.15, 0.2) is 6.07 Å². The van der Waals surface area contributed by atoms with Crippen LogP contribution in [0.4, 0.5) is 11.8 Å². The third-order valence-electron chi connectivity index (χ3n) is 5.14. The average molecular weight is 382 g/mol. The summed E-state index contributed by atoms with van der Waals surface area (Å²) in [4.78, 5) is 25.3. The Balaban J connectivity index is 1.78. The lowest BCUT2D eigenvalue weighted by Crippen LogP contribution is -2.43. The number of carbonyl (C=O) groups is 1. The summed E-state index contributed by atoms with van der Waals surface area (Å²) in [5.41, 5.74) is 0.832. The van der Waals surface area contributed by atoms with Gasteiger partial charge in [0.25, 0.3) is 0 Å². The molecular formula is C17H27N5O3S. The van der Waals surface area contributed by atoms with Gasteiger partial charge in [-0.3, -0.25) is 4.79 Å². The van der Waals surface area contributed by atoms with E-state index in [4.69, 9.17) is 0 Å². The molecule has 9 heteroatoms. The second kappa shape index (κ2) is 7.38. The molecular weight excluding hydrogens is 354 g/mol. The minimum absolute atomic E-state index is 0.0151. The van der Waals surface area contributed by atoms with Gasteiger partial charge >= 0.3 is 0 Å². The van der Waals surface area contributed by atoms with Gasteiger partial charge in [-0.2, -0.15) is 4.98 Å². The van der Waals surface area contributed by atoms with Gasteiger partial charge < -0.3 is 15.1 Å². The molecule has 3 rings (SSSR count). The Morgan fingerprint density at radius 2 is 2.15 bits per heavy atom. The number of likely N-dealkylation sites (N-methyl/N-ethyl adjacent to an activating group) is 1. The Morgan fingerprint density at radius 3 is 2.81 bits per heavy atom. The van der Waals surface area contributed by atoms with Crippen molar-refractivity contribution < 1.29 is 13.2 Å². The third-order valence-corrected chi connectivity index (χ3v) is 6.97. The van der Waals surface area contributed by atoms with Crippen LogP contribution in [0.25, 0.3) is 0 Å². The third kappa shape index (κ3) is 4.08. The zero-order chi connectivity index (χ0) is 18.9. The highest BCUT2D eigenvalue weighted by atomic mass is 32.2. The molecule has 0 saturated carbocycles. The summed E-state index contributed by atoms with van der Waals surface area (Å²) >= 11 is 0. The molecule has 1 N–H and O–H groups in total. The van der Waals surface area contributed by atoms with Gasteiger partial charge in [-0.1, -0.05) is 0 Å². The molecule has 1 amide bonds. The first-order chi connectivity index (χ1) is 12.3. The number of aromatic nitrogens is 2. The van der Waals surface area contributed by atoms with Gasteiger partial charge in [0, 0.05) is 38.9 Å². The summed E-state index contributed by atoms with van der Waals surface area (Å²) in [5.74, 6) is 1.98. The van der Waals surface area contributed by atoms with Crippen LogP contribution in [0.3, 0.4) is 0 Å². The Bertz CT molecular complexity index is 783. The van der Waals surface area contributed by atoms with E-state index in [9.17, 15) is 13.2 Å². The maximum atomic E-state index is 12.1. The van der Waals surface area contributed by atoms with Crippen molar-refractivity contribution in [2.75, 3.05) is 48.5 Å². The molecule has 2 atom stereocenters. The largest absolute Gasteiger partial charge is 0.359 e. The lowest BCUT2D eigenvalue weighted by atomic mass is 10.1. The highest BCUT2D eigenvalue weighted by Crippen LogP contribution is 2.26. The SMILES string of the molecule is CNC(=O)[C@@H]1CCCN1c1nc(C)cc(N(C)C[C@@H]2CCS(=O)(=O)C2)n1. The quantitative estimate of drug-likeness (QED) is 0.787. The number of hydrogen-bond donors (Lipinski definition) is 1. The molecule has 2 aliphatic heterocycles. The second-order valence-electron chi connectivity index (χ2n) is 7.28. The fourth-order valence-electron chi connectivity index (χ4n) is 3.80. The first-order valence-corrected chi connectivity index (χ1v) is 10.9. The first kappa shape index (κ1) is 18.9. The number of amides is 1. The van der Waals surface area contributed by atoms with Crippen LogP contribution in [-0.4, -0.2) is 69.0 Å². The number of anilines is 2. The van der Waals surface area contributed by atoms with E-state index in [0.717, 1.165) is 30.9 Å². The average Bonchev–Trinajstić information content (AvgIpc) is 3.20. The van der Waals surface area contributed by atoms with Crippen LogP contribution in [-0.2, 0) is 14.6 Å². The van der Waals surface area contributed by atoms with Gasteiger partial charge in [-0.05, 0) is 32.1 Å². The Kier molecular flexibility index (Phi) is 5.36. The molecule has 144 valence electrons. The summed E-state index contributed by atoms with van der Waals surface area (Å²) in [6.07, 6.45) is 2.43. The molecule has 0 unspecified atom stereocenters. The number of nitrogens with zero attached hydrogens (tertiary/aromatic N) is 4. The number of nitrogens with one attached hydrogen (secondary N) is 1. The van der Waals surface area contributed by atoms with Crippen LogP contribution in [0.1, 0.15) is 25.0 Å². The number of sulfone groups is 1. The van der Waals surface area contributed by atoms with E-state index in [-0.39, 0.29) is 29.4 Å². The second-order valence-corrected chi connectivity index (χ2v) is 9.51. The van der Waals surface area contributed by atoms with E-state index in [1.54, 1.807) is 7.05 Å². The smallest absolute Gasteiger partial charge is 0.242 e. The number of aryl methyl sites for hydroxylation is 1. The van der Waals surface area contributed by atoms with Gasteiger partial charge in [0.05, 0.1) is 11.5 Å². The van der Waals surface area contributed by atoms with Gasteiger partial charge in [0.1, 0.15) is 11.9 Å². The molecule has 0 radical (unpaired) electrons. The fourth-order valence-corrected chi connectivity index (χ4v) is 5.65. The number of hydrogen-bond acceptors (Lipinski definition) is 7. The van der Waals surface area contributed by atoms with E-state index in [1.807, 2.05) is 29.8 Å². The Morgan fingerprint density at radius 1 is 1.38 bits per heavy atom. The van der Waals surface area contributed by atoms with E-state index >= 15 is 0 Å². The zero-order valence-electron chi connectivity index (χ0n) is 15.6. The summed E-state index contributed by atoms with van der Waals surface area (Å²) in [6.45, 7) is 3.31. The van der Waals surface area contributed by atoms with Crippen molar-refractivity contribution in [3.05, 3.63) is 11.8 Å². The highest BCUT2D eigenvalue weighted by molar-refractivity contribution is 7.91. The highest BCUT2D eigenvalue weighted by Gasteiger charge is 2.33. The molecule has 1 aromatic heterocycles. The van der Waals surface area contributed by atoms with Crippen LogP contribution in [0.2, 0.25) is 0 Å². The standard InChI is InChI=1S/C17H27N5O3S/c1-12-9-15(21(3)10-13-6-8-26(24,25)11-13)20-17(19-12)22-7-4-5-14(22)16(23)18-2/h9,13-14H,4-8,10-11H2,1-3H3,(H,18,23)/t13-,14-/m0/s1. The Hall–Kier alpha value is -1.90. The molecule has 1 aromatic rings.